The van der Waals surface area contributed by atoms with E-state index in [1.807, 2.05) is 6.26 Å². The van der Waals surface area contributed by atoms with Crippen molar-refractivity contribution in [3.8, 4) is 0 Å². The van der Waals surface area contributed by atoms with Crippen molar-refractivity contribution >= 4 is 11.4 Å². The summed E-state index contributed by atoms with van der Waals surface area (Å²) in [4.78, 5) is 2.32. The van der Waals surface area contributed by atoms with Crippen LogP contribution in [0.15, 0.2) is 30.2 Å². The molecule has 0 saturated carbocycles. The molecule has 0 bridgehead atoms. The van der Waals surface area contributed by atoms with Gasteiger partial charge < -0.3 is 20.1 Å². The second kappa shape index (κ2) is 4.53. The summed E-state index contributed by atoms with van der Waals surface area (Å²) in [6.07, 6.45) is 2.46. The number of rotatable bonds is 3. The predicted octanol–water partition coefficient (Wildman–Crippen LogP) is 1.71. The molecule has 0 aliphatic carbocycles. The summed E-state index contributed by atoms with van der Waals surface area (Å²) in [6.45, 7) is 4.04. The van der Waals surface area contributed by atoms with Crippen LogP contribution in [0.25, 0.3) is 0 Å². The highest BCUT2D eigenvalue weighted by molar-refractivity contribution is 5.69. The number of benzene rings is 1. The molecular weight excluding hydrogens is 228 g/mol. The van der Waals surface area contributed by atoms with E-state index in [2.05, 4.69) is 28.4 Å². The lowest BCUT2D eigenvalue weighted by molar-refractivity contribution is 0.208. The molecule has 0 saturated heterocycles. The van der Waals surface area contributed by atoms with Crippen LogP contribution in [-0.4, -0.2) is 30.9 Å². The Hall–Kier alpha value is -1.68. The monoisotopic (exact) mass is 246 g/mol. The fourth-order valence-electron chi connectivity index (χ4n) is 2.48. The van der Waals surface area contributed by atoms with Crippen molar-refractivity contribution in [2.24, 2.45) is 0 Å². The molecule has 4 nitrogen and oxygen atoms in total. The second-order valence-electron chi connectivity index (χ2n) is 4.88. The Morgan fingerprint density at radius 1 is 1.50 bits per heavy atom. The van der Waals surface area contributed by atoms with Gasteiger partial charge in [0, 0.05) is 24.3 Å². The van der Waals surface area contributed by atoms with Crippen LogP contribution in [0.3, 0.4) is 0 Å². The average Bonchev–Trinajstić information content (AvgIpc) is 2.73. The Morgan fingerprint density at radius 2 is 2.39 bits per heavy atom. The largest absolute Gasteiger partial charge is 0.498 e. The fourth-order valence-corrected chi connectivity index (χ4v) is 2.48. The molecule has 0 aromatic heterocycles. The first kappa shape index (κ1) is 11.4. The third-order valence-corrected chi connectivity index (χ3v) is 3.34. The van der Waals surface area contributed by atoms with Gasteiger partial charge in [0.05, 0.1) is 18.3 Å². The maximum atomic E-state index is 9.28. The summed E-state index contributed by atoms with van der Waals surface area (Å²) in [5.74, 6) is 0. The standard InChI is InChI=1S/C14H18N2O2/c1-10(17)8-15-12-2-3-14-11(6-12)7-13-9-18-5-4-16(13)14/h2-3,6,9-10,15,17H,4-5,7-8H2,1H3/t10-/m1/s1. The highest BCUT2D eigenvalue weighted by Gasteiger charge is 2.26. The van der Waals surface area contributed by atoms with Gasteiger partial charge in [-0.05, 0) is 30.7 Å². The molecule has 2 heterocycles. The van der Waals surface area contributed by atoms with Gasteiger partial charge in [0.1, 0.15) is 12.9 Å². The van der Waals surface area contributed by atoms with Crippen LogP contribution < -0.4 is 10.2 Å². The zero-order chi connectivity index (χ0) is 12.5. The molecule has 1 aromatic carbocycles. The number of aliphatic hydroxyl groups excluding tert-OH is 1. The lowest BCUT2D eigenvalue weighted by Gasteiger charge is -2.24. The summed E-state index contributed by atoms with van der Waals surface area (Å²) in [6, 6.07) is 6.38. The van der Waals surface area contributed by atoms with Crippen molar-refractivity contribution in [1.82, 2.24) is 0 Å². The molecular formula is C14H18N2O2. The van der Waals surface area contributed by atoms with E-state index in [-0.39, 0.29) is 6.10 Å². The molecule has 0 unspecified atom stereocenters. The highest BCUT2D eigenvalue weighted by atomic mass is 16.5. The zero-order valence-electron chi connectivity index (χ0n) is 10.5. The van der Waals surface area contributed by atoms with E-state index in [1.54, 1.807) is 6.92 Å². The molecule has 1 aromatic rings. The molecule has 2 N–H and O–H groups in total. The van der Waals surface area contributed by atoms with Gasteiger partial charge >= 0.3 is 0 Å². The van der Waals surface area contributed by atoms with E-state index in [4.69, 9.17) is 4.74 Å². The smallest absolute Gasteiger partial charge is 0.105 e. The van der Waals surface area contributed by atoms with Gasteiger partial charge in [0.15, 0.2) is 0 Å². The summed E-state index contributed by atoms with van der Waals surface area (Å²) < 4.78 is 5.37. The summed E-state index contributed by atoms with van der Waals surface area (Å²) in [5, 5.41) is 12.5. The number of hydrogen-bond acceptors (Lipinski definition) is 4. The third-order valence-electron chi connectivity index (χ3n) is 3.34. The normalized spacial score (nSPS) is 18.6. The van der Waals surface area contributed by atoms with E-state index in [0.717, 1.165) is 25.3 Å². The molecule has 0 radical (unpaired) electrons. The topological polar surface area (TPSA) is 44.7 Å². The molecule has 96 valence electrons. The lowest BCUT2D eigenvalue weighted by atomic mass is 10.1. The van der Waals surface area contributed by atoms with Crippen molar-refractivity contribution in [2.75, 3.05) is 29.9 Å². The number of anilines is 2. The molecule has 3 rings (SSSR count). The van der Waals surface area contributed by atoms with Crippen LogP contribution in [0.4, 0.5) is 11.4 Å². The minimum absolute atomic E-state index is 0.333. The van der Waals surface area contributed by atoms with Crippen LogP contribution in [-0.2, 0) is 11.2 Å². The van der Waals surface area contributed by atoms with Gasteiger partial charge in [-0.1, -0.05) is 0 Å². The first-order valence-electron chi connectivity index (χ1n) is 6.37. The van der Waals surface area contributed by atoms with Crippen molar-refractivity contribution in [3.05, 3.63) is 35.7 Å². The molecule has 4 heteroatoms. The van der Waals surface area contributed by atoms with Crippen molar-refractivity contribution in [2.45, 2.75) is 19.4 Å². The number of aliphatic hydroxyl groups is 1. The van der Waals surface area contributed by atoms with E-state index in [1.165, 1.54) is 16.9 Å². The van der Waals surface area contributed by atoms with Crippen LogP contribution >= 0.6 is 0 Å². The number of hydrogen-bond donors (Lipinski definition) is 2. The van der Waals surface area contributed by atoms with Crippen molar-refractivity contribution in [3.63, 3.8) is 0 Å². The molecule has 0 amide bonds. The summed E-state index contributed by atoms with van der Waals surface area (Å²) >= 11 is 0. The SMILES string of the molecule is C[C@@H](O)CNc1ccc2c(c1)CC1=COCCN12. The molecule has 2 aliphatic rings. The zero-order valence-corrected chi connectivity index (χ0v) is 10.5. The highest BCUT2D eigenvalue weighted by Crippen LogP contribution is 2.37. The average molecular weight is 246 g/mol. The first-order chi connectivity index (χ1) is 8.74. The van der Waals surface area contributed by atoms with Crippen LogP contribution in [0.1, 0.15) is 12.5 Å². The minimum Gasteiger partial charge on any atom is -0.498 e. The Kier molecular flexibility index (Phi) is 2.88. The van der Waals surface area contributed by atoms with E-state index in [9.17, 15) is 5.11 Å². The number of nitrogens with one attached hydrogen (secondary N) is 1. The predicted molar refractivity (Wildman–Crippen MR) is 71.7 cm³/mol. The van der Waals surface area contributed by atoms with Crippen LogP contribution in [0, 0.1) is 0 Å². The molecule has 1 atom stereocenters. The number of ether oxygens (including phenoxy) is 1. The molecule has 0 spiro atoms. The Labute approximate surface area is 107 Å². The lowest BCUT2D eigenvalue weighted by Crippen LogP contribution is -2.27. The maximum absolute atomic E-state index is 9.28. The quantitative estimate of drug-likeness (QED) is 0.852. The Balaban J connectivity index is 1.81. The molecule has 2 aliphatic heterocycles. The summed E-state index contributed by atoms with van der Waals surface area (Å²) in [5.41, 5.74) is 4.91. The van der Waals surface area contributed by atoms with Crippen molar-refractivity contribution in [1.29, 1.82) is 0 Å². The van der Waals surface area contributed by atoms with Gasteiger partial charge in [-0.25, -0.2) is 0 Å². The van der Waals surface area contributed by atoms with Gasteiger partial charge in [-0.3, -0.25) is 0 Å². The summed E-state index contributed by atoms with van der Waals surface area (Å²) in [7, 11) is 0. The van der Waals surface area contributed by atoms with Gasteiger partial charge in [0.25, 0.3) is 0 Å². The van der Waals surface area contributed by atoms with Crippen molar-refractivity contribution < 1.29 is 9.84 Å². The first-order valence-corrected chi connectivity index (χ1v) is 6.37. The maximum Gasteiger partial charge on any atom is 0.105 e. The van der Waals surface area contributed by atoms with Gasteiger partial charge in [-0.15, -0.1) is 0 Å². The minimum atomic E-state index is -0.333. The Morgan fingerprint density at radius 3 is 3.22 bits per heavy atom. The van der Waals surface area contributed by atoms with Crippen LogP contribution in [0.2, 0.25) is 0 Å². The van der Waals surface area contributed by atoms with E-state index in [0.29, 0.717) is 6.54 Å². The fraction of sp³-hybridized carbons (Fsp3) is 0.429. The van der Waals surface area contributed by atoms with Gasteiger partial charge in [0.2, 0.25) is 0 Å². The van der Waals surface area contributed by atoms with E-state index >= 15 is 0 Å². The van der Waals surface area contributed by atoms with Gasteiger partial charge in [-0.2, -0.15) is 0 Å². The van der Waals surface area contributed by atoms with E-state index < -0.39 is 0 Å². The number of nitrogens with zero attached hydrogens (tertiary/aromatic N) is 1. The molecule has 18 heavy (non-hydrogen) atoms. The third kappa shape index (κ3) is 2.04. The Bertz CT molecular complexity index is 483. The second-order valence-corrected chi connectivity index (χ2v) is 4.88. The molecule has 0 fully saturated rings. The van der Waals surface area contributed by atoms with Crippen LogP contribution in [0.5, 0.6) is 0 Å². The number of allylic oxidation sites excluding steroid dienone is 1. The number of fused-ring (bicyclic) bond motifs is 3.